The monoisotopic (exact) mass is 288 g/mol. The van der Waals surface area contributed by atoms with Crippen molar-refractivity contribution in [3.63, 3.8) is 0 Å². The van der Waals surface area contributed by atoms with Crippen molar-refractivity contribution in [3.05, 3.63) is 23.9 Å². The third-order valence-electron chi connectivity index (χ3n) is 4.31. The number of nitrogens with zero attached hydrogens (tertiary/aromatic N) is 4. The van der Waals surface area contributed by atoms with Gasteiger partial charge in [0.25, 0.3) is 0 Å². The van der Waals surface area contributed by atoms with E-state index in [0.29, 0.717) is 5.92 Å². The van der Waals surface area contributed by atoms with Gasteiger partial charge in [0.05, 0.1) is 5.69 Å². The van der Waals surface area contributed by atoms with Gasteiger partial charge in [-0.2, -0.15) is 0 Å². The zero-order valence-corrected chi connectivity index (χ0v) is 14.1. The van der Waals surface area contributed by atoms with Crippen LogP contribution in [-0.2, 0) is 7.05 Å². The van der Waals surface area contributed by atoms with Gasteiger partial charge in [0, 0.05) is 51.2 Å². The summed E-state index contributed by atoms with van der Waals surface area (Å²) in [5.41, 5.74) is 3.64. The third kappa shape index (κ3) is 3.56. The lowest BCUT2D eigenvalue weighted by Crippen LogP contribution is -2.44. The molecule has 4 heteroatoms. The van der Waals surface area contributed by atoms with E-state index in [1.807, 2.05) is 6.21 Å². The molecule has 1 saturated heterocycles. The normalized spacial score (nSPS) is 17.1. The number of anilines is 1. The molecule has 1 aromatic rings. The van der Waals surface area contributed by atoms with Gasteiger partial charge >= 0.3 is 0 Å². The Balaban J connectivity index is 2.19. The number of aryl methyl sites for hydroxylation is 1. The maximum atomic E-state index is 4.66. The maximum absolute atomic E-state index is 4.66. The molecule has 21 heavy (non-hydrogen) atoms. The predicted octanol–water partition coefficient (Wildman–Crippen LogP) is 3.00. The summed E-state index contributed by atoms with van der Waals surface area (Å²) >= 11 is 0. The molecule has 0 atom stereocenters. The molecule has 0 aromatic carbocycles. The second-order valence-corrected chi connectivity index (χ2v) is 6.35. The number of likely N-dealkylation sites (N-methyl/N-ethyl adjacent to an activating group) is 1. The van der Waals surface area contributed by atoms with Crippen LogP contribution in [0.3, 0.4) is 0 Å². The smallest absolute Gasteiger partial charge is 0.137 e. The summed E-state index contributed by atoms with van der Waals surface area (Å²) in [6.07, 6.45) is 4.10. The molecule has 2 rings (SSSR count). The highest BCUT2D eigenvalue weighted by Crippen LogP contribution is 2.31. The average Bonchev–Trinajstić information content (AvgIpc) is 2.72. The minimum atomic E-state index is 0.437. The molecule has 0 bridgehead atoms. The van der Waals surface area contributed by atoms with Crippen LogP contribution >= 0.6 is 0 Å². The topological polar surface area (TPSA) is 23.8 Å². The number of aliphatic imine (C=N–C) groups is 1. The van der Waals surface area contributed by atoms with Crippen molar-refractivity contribution >= 4 is 17.7 Å². The Morgan fingerprint density at radius 2 is 1.86 bits per heavy atom. The largest absolute Gasteiger partial charge is 0.367 e. The van der Waals surface area contributed by atoms with Crippen LogP contribution in [0.4, 0.5) is 11.5 Å². The average molecular weight is 288 g/mol. The minimum Gasteiger partial charge on any atom is -0.367 e. The lowest BCUT2D eigenvalue weighted by Gasteiger charge is -2.33. The molecule has 116 valence electrons. The highest BCUT2D eigenvalue weighted by Gasteiger charge is 2.19. The Hall–Kier alpha value is -1.55. The van der Waals surface area contributed by atoms with Crippen LogP contribution < -0.4 is 4.90 Å². The van der Waals surface area contributed by atoms with Gasteiger partial charge in [-0.25, -0.2) is 4.99 Å². The van der Waals surface area contributed by atoms with E-state index < -0.39 is 0 Å². The van der Waals surface area contributed by atoms with Crippen LogP contribution in [0, 0.1) is 12.8 Å². The molecule has 0 N–H and O–H groups in total. The number of piperazine rings is 1. The summed E-state index contributed by atoms with van der Waals surface area (Å²) in [5.74, 6) is 1.47. The van der Waals surface area contributed by atoms with Gasteiger partial charge in [0.1, 0.15) is 5.82 Å². The van der Waals surface area contributed by atoms with Crippen LogP contribution in [-0.4, -0.2) is 48.9 Å². The van der Waals surface area contributed by atoms with E-state index in [-0.39, 0.29) is 0 Å². The van der Waals surface area contributed by atoms with Crippen LogP contribution in [0.1, 0.15) is 19.4 Å². The number of hydrogen-bond acceptors (Lipinski definition) is 3. The van der Waals surface area contributed by atoms with Crippen molar-refractivity contribution in [2.75, 3.05) is 38.1 Å². The molecule has 0 radical (unpaired) electrons. The van der Waals surface area contributed by atoms with Crippen molar-refractivity contribution in [2.45, 2.75) is 20.8 Å². The predicted molar refractivity (Wildman–Crippen MR) is 92.0 cm³/mol. The Kier molecular flexibility index (Phi) is 4.88. The van der Waals surface area contributed by atoms with Crippen molar-refractivity contribution in [3.8, 4) is 0 Å². The van der Waals surface area contributed by atoms with E-state index in [1.165, 1.54) is 11.3 Å². The molecule has 1 aliphatic rings. The van der Waals surface area contributed by atoms with Crippen LogP contribution in [0.2, 0.25) is 0 Å². The minimum absolute atomic E-state index is 0.437. The summed E-state index contributed by atoms with van der Waals surface area (Å²) in [7, 11) is 4.25. The molecule has 2 heterocycles. The molecule has 0 aliphatic carbocycles. The molecular formula is C17H28N4. The standard InChI is InChI=1S/C17H28N4/c1-13(2)14(3)11-18-17-15(4)16(12-20(17)6)21-9-7-19(5)8-10-21/h11-13H,3,7-10H2,1-2,4-6H3. The maximum Gasteiger partial charge on any atom is 0.137 e. The van der Waals surface area contributed by atoms with Crippen LogP contribution in [0.25, 0.3) is 0 Å². The number of aromatic nitrogens is 1. The van der Waals surface area contributed by atoms with Gasteiger partial charge in [-0.15, -0.1) is 0 Å². The molecule has 0 unspecified atom stereocenters. The number of rotatable bonds is 4. The Bertz CT molecular complexity index is 531. The summed E-state index contributed by atoms with van der Waals surface area (Å²) < 4.78 is 2.12. The Morgan fingerprint density at radius 1 is 1.24 bits per heavy atom. The number of hydrogen-bond donors (Lipinski definition) is 0. The van der Waals surface area contributed by atoms with Crippen molar-refractivity contribution in [1.29, 1.82) is 0 Å². The van der Waals surface area contributed by atoms with Gasteiger partial charge in [0.15, 0.2) is 0 Å². The lowest BCUT2D eigenvalue weighted by atomic mass is 10.1. The zero-order chi connectivity index (χ0) is 15.6. The van der Waals surface area contributed by atoms with Crippen molar-refractivity contribution < 1.29 is 0 Å². The van der Waals surface area contributed by atoms with E-state index in [4.69, 9.17) is 0 Å². The van der Waals surface area contributed by atoms with E-state index in [1.54, 1.807) is 0 Å². The fraction of sp³-hybridized carbons (Fsp3) is 0.588. The first kappa shape index (κ1) is 15.8. The molecular weight excluding hydrogens is 260 g/mol. The summed E-state index contributed by atoms with van der Waals surface area (Å²) in [6.45, 7) is 14.9. The van der Waals surface area contributed by atoms with E-state index in [9.17, 15) is 0 Å². The summed E-state index contributed by atoms with van der Waals surface area (Å²) in [6, 6.07) is 0. The second-order valence-electron chi connectivity index (χ2n) is 6.35. The second kappa shape index (κ2) is 6.48. The van der Waals surface area contributed by atoms with E-state index >= 15 is 0 Å². The molecule has 1 aromatic heterocycles. The lowest BCUT2D eigenvalue weighted by molar-refractivity contribution is 0.312. The fourth-order valence-corrected chi connectivity index (χ4v) is 2.57. The van der Waals surface area contributed by atoms with Gasteiger partial charge in [-0.1, -0.05) is 20.4 Å². The highest BCUT2D eigenvalue weighted by atomic mass is 15.3. The van der Waals surface area contributed by atoms with Crippen LogP contribution in [0.5, 0.6) is 0 Å². The molecule has 1 aliphatic heterocycles. The third-order valence-corrected chi connectivity index (χ3v) is 4.31. The van der Waals surface area contributed by atoms with Crippen LogP contribution in [0.15, 0.2) is 23.3 Å². The SMILES string of the molecule is C=C(C=Nc1c(C)c(N2CCN(C)CC2)cn1C)C(C)C. The van der Waals surface area contributed by atoms with E-state index in [0.717, 1.165) is 37.6 Å². The zero-order valence-electron chi connectivity index (χ0n) is 14.1. The first-order valence-electron chi connectivity index (χ1n) is 7.72. The van der Waals surface area contributed by atoms with E-state index in [2.05, 4.69) is 67.0 Å². The molecule has 0 amide bonds. The van der Waals surface area contributed by atoms with Gasteiger partial charge in [-0.3, -0.25) is 0 Å². The fourth-order valence-electron chi connectivity index (χ4n) is 2.57. The summed E-state index contributed by atoms with van der Waals surface area (Å²) in [5, 5.41) is 0. The molecule has 0 saturated carbocycles. The van der Waals surface area contributed by atoms with Crippen molar-refractivity contribution in [1.82, 2.24) is 9.47 Å². The molecule has 4 nitrogen and oxygen atoms in total. The Labute approximate surface area is 128 Å². The number of allylic oxidation sites excluding steroid dienone is 1. The Morgan fingerprint density at radius 3 is 2.43 bits per heavy atom. The molecule has 1 fully saturated rings. The first-order chi connectivity index (χ1) is 9.90. The van der Waals surface area contributed by atoms with Gasteiger partial charge in [-0.05, 0) is 25.5 Å². The highest BCUT2D eigenvalue weighted by molar-refractivity contribution is 5.81. The first-order valence-corrected chi connectivity index (χ1v) is 7.72. The quantitative estimate of drug-likeness (QED) is 0.795. The van der Waals surface area contributed by atoms with Gasteiger partial charge in [0.2, 0.25) is 0 Å². The summed E-state index contributed by atoms with van der Waals surface area (Å²) in [4.78, 5) is 9.50. The molecule has 0 spiro atoms. The van der Waals surface area contributed by atoms with Crippen molar-refractivity contribution in [2.24, 2.45) is 18.0 Å². The van der Waals surface area contributed by atoms with Gasteiger partial charge < -0.3 is 14.4 Å².